The lowest BCUT2D eigenvalue weighted by Gasteiger charge is -2.33. The van der Waals surface area contributed by atoms with Crippen molar-refractivity contribution in [3.8, 4) is 22.1 Å². The second kappa shape index (κ2) is 8.85. The molecule has 1 saturated heterocycles. The molecule has 158 valence electrons. The number of thiazole rings is 1. The quantitative estimate of drug-likeness (QED) is 0.597. The molecule has 0 atom stereocenters. The number of ether oxygens (including phenoxy) is 2. The molecule has 1 aliphatic rings. The van der Waals surface area contributed by atoms with E-state index in [1.54, 1.807) is 14.2 Å². The number of amides is 1. The van der Waals surface area contributed by atoms with Crippen LogP contribution in [0.1, 0.15) is 21.9 Å². The third-order valence-electron chi connectivity index (χ3n) is 5.08. The number of hydrogen-bond donors (Lipinski definition) is 0. The molecule has 1 amide bonds. The van der Waals surface area contributed by atoms with Crippen LogP contribution in [0.4, 0.5) is 0 Å². The van der Waals surface area contributed by atoms with Crippen molar-refractivity contribution in [3.05, 3.63) is 46.8 Å². The van der Waals surface area contributed by atoms with Crippen molar-refractivity contribution < 1.29 is 18.8 Å². The van der Waals surface area contributed by atoms with E-state index in [9.17, 15) is 4.79 Å². The summed E-state index contributed by atoms with van der Waals surface area (Å²) in [7, 11) is 3.20. The molecule has 30 heavy (non-hydrogen) atoms. The van der Waals surface area contributed by atoms with Gasteiger partial charge in [0.15, 0.2) is 11.5 Å². The fraction of sp³-hybridized carbons (Fsp3) is 0.381. The van der Waals surface area contributed by atoms with Crippen LogP contribution in [0.3, 0.4) is 0 Å². The highest BCUT2D eigenvalue weighted by Gasteiger charge is 2.24. The zero-order valence-corrected chi connectivity index (χ0v) is 18.1. The minimum atomic E-state index is -0.0325. The largest absolute Gasteiger partial charge is 0.493 e. The van der Waals surface area contributed by atoms with Crippen LogP contribution in [0, 0.1) is 6.92 Å². The Morgan fingerprint density at radius 3 is 2.57 bits per heavy atom. The van der Waals surface area contributed by atoms with Gasteiger partial charge in [-0.2, -0.15) is 0 Å². The lowest BCUT2D eigenvalue weighted by atomic mass is 10.2. The van der Waals surface area contributed by atoms with Crippen molar-refractivity contribution in [2.24, 2.45) is 0 Å². The fourth-order valence-corrected chi connectivity index (χ4v) is 4.26. The first kappa shape index (κ1) is 20.4. The van der Waals surface area contributed by atoms with E-state index >= 15 is 0 Å². The van der Waals surface area contributed by atoms with Gasteiger partial charge in [-0.25, -0.2) is 4.98 Å². The molecular weight excluding hydrogens is 404 g/mol. The molecule has 0 spiro atoms. The maximum atomic E-state index is 12.9. The first-order valence-electron chi connectivity index (χ1n) is 9.69. The number of piperazine rings is 1. The summed E-state index contributed by atoms with van der Waals surface area (Å²) in [6.07, 6.45) is 0. The number of carbonyl (C=O) groups is 1. The van der Waals surface area contributed by atoms with Crippen molar-refractivity contribution >= 4 is 17.2 Å². The first-order chi connectivity index (χ1) is 14.6. The van der Waals surface area contributed by atoms with Crippen molar-refractivity contribution in [1.29, 1.82) is 0 Å². The molecule has 8 nitrogen and oxygen atoms in total. The van der Waals surface area contributed by atoms with E-state index in [-0.39, 0.29) is 5.91 Å². The molecule has 3 aromatic rings. The van der Waals surface area contributed by atoms with Crippen LogP contribution in [0.15, 0.2) is 34.2 Å². The molecule has 0 unspecified atom stereocenters. The van der Waals surface area contributed by atoms with Gasteiger partial charge in [-0.3, -0.25) is 9.69 Å². The average Bonchev–Trinajstić information content (AvgIpc) is 3.42. The van der Waals surface area contributed by atoms with Gasteiger partial charge in [0.2, 0.25) is 0 Å². The standard InChI is InChI=1S/C21H24N4O4S/c1-14-10-16(23-29-14)12-24-6-8-25(9-7-24)21(26)17-13-30-20(22-17)15-4-5-18(27-2)19(11-15)28-3/h4-5,10-11,13H,6-9,12H2,1-3H3. The zero-order valence-electron chi connectivity index (χ0n) is 17.3. The van der Waals surface area contributed by atoms with E-state index in [1.165, 1.54) is 11.3 Å². The zero-order chi connectivity index (χ0) is 21.1. The van der Waals surface area contributed by atoms with Crippen LogP contribution in [0.25, 0.3) is 10.6 Å². The SMILES string of the molecule is COc1ccc(-c2nc(C(=O)N3CCN(Cc4cc(C)on4)CC3)cs2)cc1OC. The maximum absolute atomic E-state index is 12.9. The molecule has 0 saturated carbocycles. The highest BCUT2D eigenvalue weighted by Crippen LogP contribution is 2.33. The molecule has 4 rings (SSSR count). The van der Waals surface area contributed by atoms with Gasteiger partial charge in [-0.05, 0) is 25.1 Å². The van der Waals surface area contributed by atoms with Crippen molar-refractivity contribution in [3.63, 3.8) is 0 Å². The molecule has 2 aromatic heterocycles. The molecule has 0 bridgehead atoms. The van der Waals surface area contributed by atoms with E-state index in [1.807, 2.05) is 41.5 Å². The minimum absolute atomic E-state index is 0.0325. The number of aryl methyl sites for hydroxylation is 1. The molecule has 9 heteroatoms. The van der Waals surface area contributed by atoms with E-state index in [0.29, 0.717) is 30.3 Å². The number of methoxy groups -OCH3 is 2. The van der Waals surface area contributed by atoms with Gasteiger partial charge < -0.3 is 18.9 Å². The fourth-order valence-electron chi connectivity index (χ4n) is 3.47. The van der Waals surface area contributed by atoms with E-state index in [2.05, 4.69) is 15.0 Å². The normalized spacial score (nSPS) is 14.7. The van der Waals surface area contributed by atoms with Gasteiger partial charge in [-0.1, -0.05) is 5.16 Å². The van der Waals surface area contributed by atoms with E-state index < -0.39 is 0 Å². The van der Waals surface area contributed by atoms with Crippen LogP contribution >= 0.6 is 11.3 Å². The molecule has 1 fully saturated rings. The first-order valence-corrected chi connectivity index (χ1v) is 10.6. The second-order valence-electron chi connectivity index (χ2n) is 7.10. The third kappa shape index (κ3) is 4.31. The van der Waals surface area contributed by atoms with Crippen molar-refractivity contribution in [1.82, 2.24) is 19.9 Å². The topological polar surface area (TPSA) is 80.9 Å². The Morgan fingerprint density at radius 1 is 1.13 bits per heavy atom. The van der Waals surface area contributed by atoms with Gasteiger partial charge in [0.05, 0.1) is 19.9 Å². The lowest BCUT2D eigenvalue weighted by Crippen LogP contribution is -2.48. The third-order valence-corrected chi connectivity index (χ3v) is 5.97. The van der Waals surface area contributed by atoms with Crippen LogP contribution in [-0.2, 0) is 6.54 Å². The predicted octanol–water partition coefficient (Wildman–Crippen LogP) is 3.08. The van der Waals surface area contributed by atoms with E-state index in [4.69, 9.17) is 14.0 Å². The Labute approximate surface area is 179 Å². The number of aromatic nitrogens is 2. The smallest absolute Gasteiger partial charge is 0.273 e. The number of rotatable bonds is 6. The molecular formula is C21H24N4O4S. The van der Waals surface area contributed by atoms with Crippen molar-refractivity contribution in [2.75, 3.05) is 40.4 Å². The molecule has 0 aliphatic carbocycles. The molecule has 3 heterocycles. The number of nitrogens with zero attached hydrogens (tertiary/aromatic N) is 4. The Balaban J connectivity index is 1.39. The summed E-state index contributed by atoms with van der Waals surface area (Å²) in [6.45, 7) is 5.54. The van der Waals surface area contributed by atoms with Crippen LogP contribution in [0.5, 0.6) is 11.5 Å². The summed E-state index contributed by atoms with van der Waals surface area (Å²) in [6, 6.07) is 7.57. The molecule has 1 aromatic carbocycles. The Bertz CT molecular complexity index is 1020. The lowest BCUT2D eigenvalue weighted by molar-refractivity contribution is 0.0621. The van der Waals surface area contributed by atoms with Crippen molar-refractivity contribution in [2.45, 2.75) is 13.5 Å². The highest BCUT2D eigenvalue weighted by molar-refractivity contribution is 7.13. The van der Waals surface area contributed by atoms with Gasteiger partial charge in [-0.15, -0.1) is 11.3 Å². The summed E-state index contributed by atoms with van der Waals surface area (Å²) >= 11 is 1.45. The summed E-state index contributed by atoms with van der Waals surface area (Å²) in [5.74, 6) is 2.08. The van der Waals surface area contributed by atoms with Gasteiger partial charge in [0, 0.05) is 49.7 Å². The highest BCUT2D eigenvalue weighted by atomic mass is 32.1. The van der Waals surface area contributed by atoms with E-state index in [0.717, 1.165) is 41.7 Å². The van der Waals surface area contributed by atoms with Crippen LogP contribution < -0.4 is 9.47 Å². The summed E-state index contributed by atoms with van der Waals surface area (Å²) in [4.78, 5) is 21.6. The summed E-state index contributed by atoms with van der Waals surface area (Å²) in [5, 5.41) is 6.64. The Hall–Kier alpha value is -2.91. The number of carbonyl (C=O) groups excluding carboxylic acids is 1. The van der Waals surface area contributed by atoms with Gasteiger partial charge in [0.1, 0.15) is 16.5 Å². The summed E-state index contributed by atoms with van der Waals surface area (Å²) in [5.41, 5.74) is 2.29. The van der Waals surface area contributed by atoms with Crippen LogP contribution in [0.2, 0.25) is 0 Å². The predicted molar refractivity (Wildman–Crippen MR) is 113 cm³/mol. The Morgan fingerprint density at radius 2 is 1.90 bits per heavy atom. The minimum Gasteiger partial charge on any atom is -0.493 e. The summed E-state index contributed by atoms with van der Waals surface area (Å²) < 4.78 is 15.8. The molecule has 0 radical (unpaired) electrons. The monoisotopic (exact) mass is 428 g/mol. The molecule has 0 N–H and O–H groups in total. The van der Waals surface area contributed by atoms with Gasteiger partial charge >= 0.3 is 0 Å². The number of hydrogen-bond acceptors (Lipinski definition) is 8. The second-order valence-corrected chi connectivity index (χ2v) is 7.96. The Kier molecular flexibility index (Phi) is 6.01. The average molecular weight is 429 g/mol. The van der Waals surface area contributed by atoms with Gasteiger partial charge in [0.25, 0.3) is 5.91 Å². The maximum Gasteiger partial charge on any atom is 0.273 e. The number of benzene rings is 1. The van der Waals surface area contributed by atoms with Crippen LogP contribution in [-0.4, -0.2) is 66.2 Å². The molecule has 1 aliphatic heterocycles.